The van der Waals surface area contributed by atoms with Crippen LogP contribution in [-0.4, -0.2) is 9.78 Å². The number of hydrogen-bond donors (Lipinski definition) is 0. The van der Waals surface area contributed by atoms with Crippen molar-refractivity contribution in [2.45, 2.75) is 0 Å². The van der Waals surface area contributed by atoms with Crippen molar-refractivity contribution in [3.63, 3.8) is 0 Å². The van der Waals surface area contributed by atoms with Gasteiger partial charge in [0.2, 0.25) is 0 Å². The van der Waals surface area contributed by atoms with E-state index in [-0.39, 0.29) is 0 Å². The molecule has 5 rings (SSSR count). The zero-order valence-corrected chi connectivity index (χ0v) is 17.8. The Morgan fingerprint density at radius 2 is 1.07 bits per heavy atom. The van der Waals surface area contributed by atoms with E-state index in [1.54, 1.807) is 0 Å². The summed E-state index contributed by atoms with van der Waals surface area (Å²) in [6, 6.07) is 39.8. The molecule has 0 amide bonds. The molecule has 0 unspecified atom stereocenters. The first kappa shape index (κ1) is 18.6. The van der Waals surface area contributed by atoms with E-state index in [0.29, 0.717) is 0 Å². The van der Waals surface area contributed by atoms with Gasteiger partial charge in [-0.05, 0) is 41.5 Å². The summed E-state index contributed by atoms with van der Waals surface area (Å²) in [5.74, 6) is 0. The number of halogens is 1. The first-order chi connectivity index (χ1) is 14.8. The monoisotopic (exact) mass is 450 g/mol. The van der Waals surface area contributed by atoms with Crippen molar-refractivity contribution in [1.82, 2.24) is 9.78 Å². The average molecular weight is 451 g/mol. The van der Waals surface area contributed by atoms with E-state index >= 15 is 0 Å². The van der Waals surface area contributed by atoms with Crippen molar-refractivity contribution in [2.24, 2.45) is 0 Å². The lowest BCUT2D eigenvalue weighted by atomic mass is 10.0. The van der Waals surface area contributed by atoms with E-state index in [0.717, 1.165) is 32.7 Å². The van der Waals surface area contributed by atoms with Crippen LogP contribution in [0.2, 0.25) is 0 Å². The quantitative estimate of drug-likeness (QED) is 0.275. The summed E-state index contributed by atoms with van der Waals surface area (Å²) < 4.78 is 3.08. The van der Waals surface area contributed by atoms with Crippen molar-refractivity contribution >= 4 is 15.9 Å². The van der Waals surface area contributed by atoms with Gasteiger partial charge in [-0.15, -0.1) is 0 Å². The smallest absolute Gasteiger partial charge is 0.0934 e. The molecule has 1 heterocycles. The second-order valence-corrected chi connectivity index (χ2v) is 8.03. The average Bonchev–Trinajstić information content (AvgIpc) is 3.26. The maximum absolute atomic E-state index is 4.96. The zero-order chi connectivity index (χ0) is 20.3. The predicted octanol–water partition coefficient (Wildman–Crippen LogP) is 7.64. The van der Waals surface area contributed by atoms with Crippen LogP contribution in [0.15, 0.2) is 120 Å². The summed E-state index contributed by atoms with van der Waals surface area (Å²) in [6.45, 7) is 0. The number of aromatic nitrogens is 2. The number of nitrogens with zero attached hydrogens (tertiary/aromatic N) is 2. The van der Waals surface area contributed by atoms with Crippen LogP contribution >= 0.6 is 15.9 Å². The molecular weight excluding hydrogens is 432 g/mol. The highest BCUT2D eigenvalue weighted by Crippen LogP contribution is 2.30. The molecule has 5 aromatic rings. The van der Waals surface area contributed by atoms with Crippen molar-refractivity contribution in [1.29, 1.82) is 0 Å². The Balaban J connectivity index is 1.58. The largest absolute Gasteiger partial charge is 0.232 e. The molecule has 2 nitrogen and oxygen atoms in total. The Bertz CT molecular complexity index is 1260. The second-order valence-electron chi connectivity index (χ2n) is 7.11. The number of hydrogen-bond acceptors (Lipinski definition) is 1. The van der Waals surface area contributed by atoms with E-state index in [9.17, 15) is 0 Å². The van der Waals surface area contributed by atoms with Crippen LogP contribution in [0.3, 0.4) is 0 Å². The van der Waals surface area contributed by atoms with Crippen LogP contribution in [0.5, 0.6) is 0 Å². The van der Waals surface area contributed by atoms with E-state index < -0.39 is 0 Å². The number of rotatable bonds is 4. The molecule has 0 aliphatic rings. The van der Waals surface area contributed by atoms with Gasteiger partial charge in [0.05, 0.1) is 17.1 Å². The van der Waals surface area contributed by atoms with Gasteiger partial charge in [0.25, 0.3) is 0 Å². The van der Waals surface area contributed by atoms with Crippen LogP contribution in [0.1, 0.15) is 0 Å². The summed E-state index contributed by atoms with van der Waals surface area (Å²) in [6.07, 6.45) is 0. The fourth-order valence-electron chi connectivity index (χ4n) is 3.58. The van der Waals surface area contributed by atoms with Gasteiger partial charge in [0, 0.05) is 15.6 Å². The van der Waals surface area contributed by atoms with E-state index in [1.165, 1.54) is 11.1 Å². The summed E-state index contributed by atoms with van der Waals surface area (Å²) in [5.41, 5.74) is 7.71. The molecule has 0 saturated heterocycles. The Kier molecular flexibility index (Phi) is 5.04. The van der Waals surface area contributed by atoms with E-state index in [4.69, 9.17) is 5.10 Å². The standard InChI is InChI=1S/C27H19BrN2/c28-24-17-15-23(16-18-24)27-19-26(29-30(27)25-9-5-2-6-10-25)22-13-11-21(12-14-22)20-7-3-1-4-8-20/h1-19H. The maximum Gasteiger partial charge on any atom is 0.0934 e. The third kappa shape index (κ3) is 3.72. The lowest BCUT2D eigenvalue weighted by Gasteiger charge is -2.07. The molecule has 0 atom stereocenters. The molecule has 3 heteroatoms. The summed E-state index contributed by atoms with van der Waals surface area (Å²) in [7, 11) is 0. The van der Waals surface area contributed by atoms with Crippen LogP contribution in [-0.2, 0) is 0 Å². The number of benzene rings is 4. The molecule has 1 aromatic heterocycles. The zero-order valence-electron chi connectivity index (χ0n) is 16.2. The van der Waals surface area contributed by atoms with Gasteiger partial charge >= 0.3 is 0 Å². The molecule has 0 spiro atoms. The van der Waals surface area contributed by atoms with E-state index in [2.05, 4.69) is 107 Å². The molecule has 0 radical (unpaired) electrons. The van der Waals surface area contributed by atoms with Crippen LogP contribution in [0.25, 0.3) is 39.3 Å². The normalized spacial score (nSPS) is 10.8. The molecular formula is C27H19BrN2. The summed E-state index contributed by atoms with van der Waals surface area (Å²) in [4.78, 5) is 0. The summed E-state index contributed by atoms with van der Waals surface area (Å²) >= 11 is 3.53. The first-order valence-electron chi connectivity index (χ1n) is 9.85. The van der Waals surface area contributed by atoms with Gasteiger partial charge in [-0.1, -0.05) is 101 Å². The highest BCUT2D eigenvalue weighted by atomic mass is 79.9. The van der Waals surface area contributed by atoms with Crippen LogP contribution in [0, 0.1) is 0 Å². The van der Waals surface area contributed by atoms with Crippen molar-refractivity contribution in [3.8, 4) is 39.3 Å². The van der Waals surface area contributed by atoms with Gasteiger partial charge in [-0.3, -0.25) is 0 Å². The van der Waals surface area contributed by atoms with Gasteiger partial charge in [-0.25, -0.2) is 4.68 Å². The third-order valence-corrected chi connectivity index (χ3v) is 5.67. The van der Waals surface area contributed by atoms with Gasteiger partial charge in [0.15, 0.2) is 0 Å². The molecule has 0 bridgehead atoms. The maximum atomic E-state index is 4.96. The van der Waals surface area contributed by atoms with Crippen LogP contribution in [0.4, 0.5) is 0 Å². The molecule has 30 heavy (non-hydrogen) atoms. The lowest BCUT2D eigenvalue weighted by Crippen LogP contribution is -1.98. The second kappa shape index (κ2) is 8.13. The highest BCUT2D eigenvalue weighted by Gasteiger charge is 2.13. The topological polar surface area (TPSA) is 17.8 Å². The minimum Gasteiger partial charge on any atom is -0.232 e. The fourth-order valence-corrected chi connectivity index (χ4v) is 3.84. The first-order valence-corrected chi connectivity index (χ1v) is 10.6. The Labute approximate surface area is 184 Å². The third-order valence-electron chi connectivity index (χ3n) is 5.14. The molecule has 4 aromatic carbocycles. The lowest BCUT2D eigenvalue weighted by molar-refractivity contribution is 0.892. The molecule has 0 aliphatic carbocycles. The minimum absolute atomic E-state index is 0.955. The molecule has 0 fully saturated rings. The fraction of sp³-hybridized carbons (Fsp3) is 0. The molecule has 0 N–H and O–H groups in total. The SMILES string of the molecule is Brc1ccc(-c2cc(-c3ccc(-c4ccccc4)cc3)nn2-c2ccccc2)cc1. The molecule has 0 aliphatic heterocycles. The van der Waals surface area contributed by atoms with E-state index in [1.807, 2.05) is 28.9 Å². The Morgan fingerprint density at radius 1 is 0.533 bits per heavy atom. The Morgan fingerprint density at radius 3 is 1.73 bits per heavy atom. The minimum atomic E-state index is 0.955. The van der Waals surface area contributed by atoms with Crippen molar-refractivity contribution in [3.05, 3.63) is 120 Å². The van der Waals surface area contributed by atoms with Crippen LogP contribution < -0.4 is 0 Å². The molecule has 0 saturated carbocycles. The predicted molar refractivity (Wildman–Crippen MR) is 128 cm³/mol. The van der Waals surface area contributed by atoms with Gasteiger partial charge in [0.1, 0.15) is 0 Å². The van der Waals surface area contributed by atoms with Gasteiger partial charge < -0.3 is 0 Å². The van der Waals surface area contributed by atoms with Crippen molar-refractivity contribution < 1.29 is 0 Å². The highest BCUT2D eigenvalue weighted by molar-refractivity contribution is 9.10. The number of para-hydroxylation sites is 1. The summed E-state index contributed by atoms with van der Waals surface area (Å²) in [5, 5.41) is 4.96. The van der Waals surface area contributed by atoms with Gasteiger partial charge in [-0.2, -0.15) is 5.10 Å². The Hall–Kier alpha value is -3.43. The molecule has 144 valence electrons. The van der Waals surface area contributed by atoms with Crippen molar-refractivity contribution in [2.75, 3.05) is 0 Å².